The molecular weight excluding hydrogens is 250 g/mol. The van der Waals surface area contributed by atoms with Crippen LogP contribution >= 0.6 is 0 Å². The summed E-state index contributed by atoms with van der Waals surface area (Å²) >= 11 is 0. The van der Waals surface area contributed by atoms with Crippen molar-refractivity contribution in [3.05, 3.63) is 59.2 Å². The fraction of sp³-hybridized carbons (Fsp3) is 0.235. The number of benzene rings is 2. The molecule has 0 fully saturated rings. The fourth-order valence-corrected chi connectivity index (χ4v) is 1.90. The van der Waals surface area contributed by atoms with Crippen LogP contribution in [-0.4, -0.2) is 6.09 Å². The predicted octanol–water partition coefficient (Wildman–Crippen LogP) is 4.48. The van der Waals surface area contributed by atoms with Crippen LogP contribution in [0.5, 0.6) is 5.75 Å². The van der Waals surface area contributed by atoms with Crippen molar-refractivity contribution >= 4 is 11.8 Å². The van der Waals surface area contributed by atoms with Crippen LogP contribution in [0.1, 0.15) is 23.6 Å². The number of hydrogen-bond acceptors (Lipinski definition) is 2. The molecule has 0 aliphatic carbocycles. The van der Waals surface area contributed by atoms with E-state index in [2.05, 4.69) is 12.2 Å². The Bertz CT molecular complexity index is 620. The zero-order valence-corrected chi connectivity index (χ0v) is 12.1. The van der Waals surface area contributed by atoms with Crippen LogP contribution in [0.4, 0.5) is 10.5 Å². The van der Waals surface area contributed by atoms with Crippen LogP contribution in [0, 0.1) is 13.8 Å². The lowest BCUT2D eigenvalue weighted by molar-refractivity contribution is 0.215. The van der Waals surface area contributed by atoms with Crippen LogP contribution in [0.25, 0.3) is 0 Å². The zero-order valence-electron chi connectivity index (χ0n) is 12.1. The molecule has 1 amide bonds. The largest absolute Gasteiger partial charge is 0.417 e. The van der Waals surface area contributed by atoms with Gasteiger partial charge in [-0.1, -0.05) is 25.1 Å². The number of nitrogens with one attached hydrogen (secondary N) is 1. The van der Waals surface area contributed by atoms with E-state index in [1.165, 1.54) is 11.1 Å². The Kier molecular flexibility index (Phi) is 4.41. The second kappa shape index (κ2) is 6.24. The minimum atomic E-state index is -0.471. The molecule has 2 aromatic rings. The van der Waals surface area contributed by atoms with Gasteiger partial charge < -0.3 is 4.74 Å². The maximum Gasteiger partial charge on any atom is 0.417 e. The van der Waals surface area contributed by atoms with E-state index in [1.807, 2.05) is 50.2 Å². The summed E-state index contributed by atoms with van der Waals surface area (Å²) in [7, 11) is 0. The molecule has 0 aliphatic heterocycles. The van der Waals surface area contributed by atoms with Crippen LogP contribution in [-0.2, 0) is 6.42 Å². The molecule has 0 spiro atoms. The first-order valence-corrected chi connectivity index (χ1v) is 6.73. The normalized spacial score (nSPS) is 10.2. The minimum absolute atomic E-state index is 0.471. The average molecular weight is 269 g/mol. The Morgan fingerprint density at radius 1 is 1.10 bits per heavy atom. The highest BCUT2D eigenvalue weighted by molar-refractivity contribution is 5.86. The molecule has 20 heavy (non-hydrogen) atoms. The standard InChI is InChI=1S/C17H19NO2/c1-4-14-6-5-7-15(11-14)18-17(19)20-16-9-8-12(2)13(3)10-16/h5-11H,4H2,1-3H3,(H,18,19). The number of amides is 1. The van der Waals surface area contributed by atoms with E-state index in [4.69, 9.17) is 4.74 Å². The third-order valence-corrected chi connectivity index (χ3v) is 3.27. The van der Waals surface area contributed by atoms with Crippen molar-refractivity contribution in [2.45, 2.75) is 27.2 Å². The van der Waals surface area contributed by atoms with Crippen molar-refractivity contribution in [2.24, 2.45) is 0 Å². The summed E-state index contributed by atoms with van der Waals surface area (Å²) in [4.78, 5) is 11.8. The third kappa shape index (κ3) is 3.60. The number of ether oxygens (including phenoxy) is 1. The van der Waals surface area contributed by atoms with E-state index in [0.717, 1.165) is 17.7 Å². The van der Waals surface area contributed by atoms with Crippen molar-refractivity contribution in [3.63, 3.8) is 0 Å². The van der Waals surface area contributed by atoms with Gasteiger partial charge in [-0.15, -0.1) is 0 Å². The molecule has 2 aromatic carbocycles. The lowest BCUT2D eigenvalue weighted by Gasteiger charge is -2.09. The Balaban J connectivity index is 2.03. The topological polar surface area (TPSA) is 38.3 Å². The van der Waals surface area contributed by atoms with E-state index in [1.54, 1.807) is 6.07 Å². The smallest absolute Gasteiger partial charge is 0.410 e. The van der Waals surface area contributed by atoms with Gasteiger partial charge in [-0.05, 0) is 61.2 Å². The maximum atomic E-state index is 11.8. The van der Waals surface area contributed by atoms with Gasteiger partial charge in [0.1, 0.15) is 5.75 Å². The molecule has 0 unspecified atom stereocenters. The number of anilines is 1. The summed E-state index contributed by atoms with van der Waals surface area (Å²) in [6.07, 6.45) is 0.461. The van der Waals surface area contributed by atoms with Crippen LogP contribution in [0.2, 0.25) is 0 Å². The highest BCUT2D eigenvalue weighted by Crippen LogP contribution is 2.17. The third-order valence-electron chi connectivity index (χ3n) is 3.27. The van der Waals surface area contributed by atoms with Crippen molar-refractivity contribution in [2.75, 3.05) is 5.32 Å². The molecule has 0 saturated carbocycles. The molecule has 0 atom stereocenters. The van der Waals surface area contributed by atoms with E-state index in [-0.39, 0.29) is 0 Å². The summed E-state index contributed by atoms with van der Waals surface area (Å²) in [6, 6.07) is 13.3. The van der Waals surface area contributed by atoms with Crippen molar-refractivity contribution in [1.29, 1.82) is 0 Å². The number of aryl methyl sites for hydroxylation is 3. The van der Waals surface area contributed by atoms with Crippen molar-refractivity contribution in [1.82, 2.24) is 0 Å². The van der Waals surface area contributed by atoms with E-state index < -0.39 is 6.09 Å². The summed E-state index contributed by atoms with van der Waals surface area (Å²) in [5.41, 5.74) is 4.20. The summed E-state index contributed by atoms with van der Waals surface area (Å²) < 4.78 is 5.28. The number of carbonyl (C=O) groups excluding carboxylic acids is 1. The summed E-state index contributed by atoms with van der Waals surface area (Å²) in [5, 5.41) is 2.74. The van der Waals surface area contributed by atoms with E-state index in [0.29, 0.717) is 5.75 Å². The second-order valence-electron chi connectivity index (χ2n) is 4.81. The first kappa shape index (κ1) is 14.1. The Hall–Kier alpha value is -2.29. The van der Waals surface area contributed by atoms with Crippen LogP contribution in [0.15, 0.2) is 42.5 Å². The van der Waals surface area contributed by atoms with Gasteiger partial charge in [0.2, 0.25) is 0 Å². The van der Waals surface area contributed by atoms with Gasteiger partial charge in [0.25, 0.3) is 0 Å². The van der Waals surface area contributed by atoms with Gasteiger partial charge in [0, 0.05) is 5.69 Å². The molecule has 0 heterocycles. The molecule has 0 aliphatic rings. The quantitative estimate of drug-likeness (QED) is 0.892. The Labute approximate surface area is 119 Å². The molecule has 3 nitrogen and oxygen atoms in total. The minimum Gasteiger partial charge on any atom is -0.410 e. The maximum absolute atomic E-state index is 11.8. The first-order chi connectivity index (χ1) is 9.58. The lowest BCUT2D eigenvalue weighted by Crippen LogP contribution is -2.16. The molecule has 0 saturated heterocycles. The number of carbonyl (C=O) groups is 1. The van der Waals surface area contributed by atoms with Gasteiger partial charge in [0.15, 0.2) is 0 Å². The van der Waals surface area contributed by atoms with Gasteiger partial charge >= 0.3 is 6.09 Å². The predicted molar refractivity (Wildman–Crippen MR) is 81.4 cm³/mol. The molecule has 1 N–H and O–H groups in total. The molecule has 0 bridgehead atoms. The van der Waals surface area contributed by atoms with Crippen molar-refractivity contribution in [3.8, 4) is 5.75 Å². The van der Waals surface area contributed by atoms with E-state index >= 15 is 0 Å². The van der Waals surface area contributed by atoms with Crippen LogP contribution in [0.3, 0.4) is 0 Å². The summed E-state index contributed by atoms with van der Waals surface area (Å²) in [6.45, 7) is 6.09. The monoisotopic (exact) mass is 269 g/mol. The van der Waals surface area contributed by atoms with Gasteiger partial charge in [-0.25, -0.2) is 4.79 Å². The SMILES string of the molecule is CCc1cccc(NC(=O)Oc2ccc(C)c(C)c2)c1. The number of hydrogen-bond donors (Lipinski definition) is 1. The zero-order chi connectivity index (χ0) is 14.5. The Morgan fingerprint density at radius 2 is 1.90 bits per heavy atom. The molecule has 3 heteroatoms. The molecule has 104 valence electrons. The molecular formula is C17H19NO2. The first-order valence-electron chi connectivity index (χ1n) is 6.73. The van der Waals surface area contributed by atoms with Gasteiger partial charge in [0.05, 0.1) is 0 Å². The molecule has 2 rings (SSSR count). The van der Waals surface area contributed by atoms with Crippen molar-refractivity contribution < 1.29 is 9.53 Å². The number of rotatable bonds is 3. The average Bonchev–Trinajstić information content (AvgIpc) is 2.43. The summed E-state index contributed by atoms with van der Waals surface area (Å²) in [5.74, 6) is 0.553. The van der Waals surface area contributed by atoms with Gasteiger partial charge in [-0.2, -0.15) is 0 Å². The molecule has 0 radical (unpaired) electrons. The highest BCUT2D eigenvalue weighted by atomic mass is 16.6. The van der Waals surface area contributed by atoms with Gasteiger partial charge in [-0.3, -0.25) is 5.32 Å². The van der Waals surface area contributed by atoms with E-state index in [9.17, 15) is 4.79 Å². The Morgan fingerprint density at radius 3 is 2.60 bits per heavy atom. The fourth-order valence-electron chi connectivity index (χ4n) is 1.90. The lowest BCUT2D eigenvalue weighted by atomic mass is 10.1. The second-order valence-corrected chi connectivity index (χ2v) is 4.81. The van der Waals surface area contributed by atoms with Crippen LogP contribution < -0.4 is 10.1 Å². The molecule has 0 aromatic heterocycles. The highest BCUT2D eigenvalue weighted by Gasteiger charge is 2.06.